The summed E-state index contributed by atoms with van der Waals surface area (Å²) < 4.78 is 5.70. The lowest BCUT2D eigenvalue weighted by Crippen LogP contribution is -2.48. The van der Waals surface area contributed by atoms with E-state index in [2.05, 4.69) is 5.32 Å². The fourth-order valence-electron chi connectivity index (χ4n) is 2.80. The monoisotopic (exact) mass is 260 g/mol. The first kappa shape index (κ1) is 12.5. The quantitative estimate of drug-likeness (QED) is 0.833. The largest absolute Gasteiger partial charge is 0.491 e. The summed E-state index contributed by atoms with van der Waals surface area (Å²) in [6.45, 7) is 2.87. The summed E-state index contributed by atoms with van der Waals surface area (Å²) in [5, 5.41) is 3.33. The van der Waals surface area contributed by atoms with Crippen molar-refractivity contribution in [1.82, 2.24) is 10.2 Å². The van der Waals surface area contributed by atoms with Crippen molar-refractivity contribution in [2.45, 2.75) is 31.8 Å². The fraction of sp³-hybridized carbons (Fsp3) is 0.533. The fourth-order valence-corrected chi connectivity index (χ4v) is 2.80. The van der Waals surface area contributed by atoms with Crippen LogP contribution in [-0.2, 0) is 11.3 Å². The van der Waals surface area contributed by atoms with E-state index in [9.17, 15) is 4.79 Å². The van der Waals surface area contributed by atoms with E-state index in [0.29, 0.717) is 19.7 Å². The third kappa shape index (κ3) is 2.73. The molecule has 0 unspecified atom stereocenters. The van der Waals surface area contributed by atoms with E-state index in [-0.39, 0.29) is 11.9 Å². The highest BCUT2D eigenvalue weighted by atomic mass is 16.5. The highest BCUT2D eigenvalue weighted by Crippen LogP contribution is 2.23. The Morgan fingerprint density at radius 1 is 1.32 bits per heavy atom. The molecule has 102 valence electrons. The normalized spacial score (nSPS) is 23.2. The second kappa shape index (κ2) is 5.61. The zero-order valence-electron chi connectivity index (χ0n) is 11.1. The van der Waals surface area contributed by atoms with E-state index in [1.807, 2.05) is 29.2 Å². The number of nitrogens with zero attached hydrogens (tertiary/aromatic N) is 1. The van der Waals surface area contributed by atoms with Gasteiger partial charge < -0.3 is 15.0 Å². The number of carbonyl (C=O) groups is 1. The van der Waals surface area contributed by atoms with Crippen LogP contribution in [0.15, 0.2) is 24.3 Å². The second-order valence-corrected chi connectivity index (χ2v) is 5.22. The maximum atomic E-state index is 12.5. The Hall–Kier alpha value is -1.55. The van der Waals surface area contributed by atoms with E-state index in [1.165, 1.54) is 6.42 Å². The molecule has 2 aliphatic rings. The van der Waals surface area contributed by atoms with Crippen LogP contribution in [-0.4, -0.2) is 36.5 Å². The molecule has 0 bridgehead atoms. The Morgan fingerprint density at radius 2 is 2.21 bits per heavy atom. The minimum atomic E-state index is -0.000915. The van der Waals surface area contributed by atoms with Gasteiger partial charge in [0.25, 0.3) is 0 Å². The molecule has 1 atom stereocenters. The Morgan fingerprint density at radius 3 is 3.05 bits per heavy atom. The first-order valence-electron chi connectivity index (χ1n) is 7.07. The summed E-state index contributed by atoms with van der Waals surface area (Å²) in [5.74, 6) is 1.13. The number of hydrogen-bond acceptors (Lipinski definition) is 3. The molecule has 19 heavy (non-hydrogen) atoms. The summed E-state index contributed by atoms with van der Waals surface area (Å²) in [6.07, 6.45) is 3.28. The number of ether oxygens (including phenoxy) is 1. The molecule has 1 N–H and O–H groups in total. The van der Waals surface area contributed by atoms with Gasteiger partial charge in [0.2, 0.25) is 5.91 Å². The average molecular weight is 260 g/mol. The van der Waals surface area contributed by atoms with Gasteiger partial charge in [0.05, 0.1) is 12.6 Å². The molecule has 1 aromatic carbocycles. The summed E-state index contributed by atoms with van der Waals surface area (Å²) >= 11 is 0. The van der Waals surface area contributed by atoms with Crippen LogP contribution < -0.4 is 10.1 Å². The average Bonchev–Trinajstić information content (AvgIpc) is 2.69. The predicted molar refractivity (Wildman–Crippen MR) is 73.0 cm³/mol. The molecule has 1 saturated heterocycles. The van der Waals surface area contributed by atoms with Crippen molar-refractivity contribution in [2.75, 3.05) is 19.7 Å². The Labute approximate surface area is 113 Å². The van der Waals surface area contributed by atoms with Crippen LogP contribution >= 0.6 is 0 Å². The summed E-state index contributed by atoms with van der Waals surface area (Å²) in [7, 11) is 0. The SMILES string of the molecule is O=C([C@H]1CCCCN1)N1CCOc2ccccc2C1. The van der Waals surface area contributed by atoms with Crippen molar-refractivity contribution in [3.8, 4) is 5.75 Å². The minimum absolute atomic E-state index is 0.000915. The van der Waals surface area contributed by atoms with Crippen LogP contribution in [0.1, 0.15) is 24.8 Å². The van der Waals surface area contributed by atoms with Gasteiger partial charge in [0.1, 0.15) is 12.4 Å². The third-order valence-electron chi connectivity index (χ3n) is 3.87. The molecule has 2 aliphatic heterocycles. The number of amides is 1. The van der Waals surface area contributed by atoms with Gasteiger partial charge in [-0.15, -0.1) is 0 Å². The maximum Gasteiger partial charge on any atom is 0.240 e. The minimum Gasteiger partial charge on any atom is -0.491 e. The van der Waals surface area contributed by atoms with Crippen LogP contribution in [0.4, 0.5) is 0 Å². The van der Waals surface area contributed by atoms with Crippen molar-refractivity contribution in [1.29, 1.82) is 0 Å². The molecular formula is C15H20N2O2. The van der Waals surface area contributed by atoms with Crippen molar-refractivity contribution in [3.05, 3.63) is 29.8 Å². The summed E-state index contributed by atoms with van der Waals surface area (Å²) in [5.41, 5.74) is 1.10. The molecule has 0 radical (unpaired) electrons. The molecule has 0 aromatic heterocycles. The second-order valence-electron chi connectivity index (χ2n) is 5.22. The van der Waals surface area contributed by atoms with Crippen molar-refractivity contribution in [2.24, 2.45) is 0 Å². The lowest BCUT2D eigenvalue weighted by Gasteiger charge is -2.28. The zero-order valence-corrected chi connectivity index (χ0v) is 11.1. The van der Waals surface area contributed by atoms with Crippen LogP contribution in [0.5, 0.6) is 5.75 Å². The predicted octanol–water partition coefficient (Wildman–Crippen LogP) is 1.55. The highest BCUT2D eigenvalue weighted by Gasteiger charge is 2.27. The Bertz CT molecular complexity index is 455. The summed E-state index contributed by atoms with van der Waals surface area (Å²) in [6, 6.07) is 7.98. The van der Waals surface area contributed by atoms with Gasteiger partial charge in [-0.2, -0.15) is 0 Å². The zero-order chi connectivity index (χ0) is 13.1. The van der Waals surface area contributed by atoms with E-state index >= 15 is 0 Å². The van der Waals surface area contributed by atoms with Gasteiger partial charge in [0, 0.05) is 12.1 Å². The lowest BCUT2D eigenvalue weighted by molar-refractivity contribution is -0.134. The number of carbonyl (C=O) groups excluding carboxylic acids is 1. The van der Waals surface area contributed by atoms with Crippen LogP contribution in [0.3, 0.4) is 0 Å². The first-order chi connectivity index (χ1) is 9.34. The summed E-state index contributed by atoms with van der Waals surface area (Å²) in [4.78, 5) is 14.4. The molecule has 3 rings (SSSR count). The standard InChI is InChI=1S/C15H20N2O2/c18-15(13-6-3-4-8-16-13)17-9-10-19-14-7-2-1-5-12(14)11-17/h1-2,5,7,13,16H,3-4,6,8-11H2/t13-/m1/s1. The molecule has 0 saturated carbocycles. The van der Waals surface area contributed by atoms with Crippen LogP contribution in [0.25, 0.3) is 0 Å². The van der Waals surface area contributed by atoms with Gasteiger partial charge in [-0.05, 0) is 25.5 Å². The first-order valence-corrected chi connectivity index (χ1v) is 7.07. The molecule has 4 nitrogen and oxygen atoms in total. The molecule has 4 heteroatoms. The van der Waals surface area contributed by atoms with Gasteiger partial charge in [-0.1, -0.05) is 24.6 Å². The number of piperidine rings is 1. The van der Waals surface area contributed by atoms with E-state index in [4.69, 9.17) is 4.74 Å². The highest BCUT2D eigenvalue weighted by molar-refractivity contribution is 5.82. The molecule has 1 amide bonds. The van der Waals surface area contributed by atoms with Gasteiger partial charge in [-0.25, -0.2) is 0 Å². The van der Waals surface area contributed by atoms with Crippen molar-refractivity contribution < 1.29 is 9.53 Å². The smallest absolute Gasteiger partial charge is 0.240 e. The van der Waals surface area contributed by atoms with E-state index in [1.54, 1.807) is 0 Å². The number of nitrogens with one attached hydrogen (secondary N) is 1. The van der Waals surface area contributed by atoms with Crippen molar-refractivity contribution in [3.63, 3.8) is 0 Å². The van der Waals surface area contributed by atoms with Gasteiger partial charge in [-0.3, -0.25) is 4.79 Å². The van der Waals surface area contributed by atoms with Crippen LogP contribution in [0, 0.1) is 0 Å². The Balaban J connectivity index is 1.73. The Kier molecular flexibility index (Phi) is 3.69. The van der Waals surface area contributed by atoms with Crippen LogP contribution in [0.2, 0.25) is 0 Å². The van der Waals surface area contributed by atoms with E-state index < -0.39 is 0 Å². The number of hydrogen-bond donors (Lipinski definition) is 1. The lowest BCUT2D eigenvalue weighted by atomic mass is 10.0. The van der Waals surface area contributed by atoms with E-state index in [0.717, 1.165) is 30.7 Å². The molecular weight excluding hydrogens is 240 g/mol. The number of fused-ring (bicyclic) bond motifs is 1. The molecule has 0 aliphatic carbocycles. The molecule has 2 heterocycles. The number of para-hydroxylation sites is 1. The van der Waals surface area contributed by atoms with Gasteiger partial charge >= 0.3 is 0 Å². The maximum absolute atomic E-state index is 12.5. The molecule has 0 spiro atoms. The number of rotatable bonds is 1. The molecule has 1 fully saturated rings. The third-order valence-corrected chi connectivity index (χ3v) is 3.87. The topological polar surface area (TPSA) is 41.6 Å². The van der Waals surface area contributed by atoms with Crippen molar-refractivity contribution >= 4 is 5.91 Å². The molecule has 1 aromatic rings. The number of benzene rings is 1. The van der Waals surface area contributed by atoms with Gasteiger partial charge in [0.15, 0.2) is 0 Å².